The molecule has 0 radical (unpaired) electrons. The summed E-state index contributed by atoms with van der Waals surface area (Å²) in [5.41, 5.74) is 1.04. The molecule has 0 atom stereocenters. The quantitative estimate of drug-likeness (QED) is 0.593. The molecule has 1 N–H and O–H groups in total. The predicted molar refractivity (Wildman–Crippen MR) is 92.6 cm³/mol. The first-order chi connectivity index (χ1) is 10.2. The van der Waals surface area contributed by atoms with Crippen molar-refractivity contribution in [2.24, 2.45) is 0 Å². The monoisotopic (exact) mass is 359 g/mol. The van der Waals surface area contributed by atoms with Gasteiger partial charge in [-0.1, -0.05) is 59.8 Å². The molecule has 1 aromatic heterocycles. The highest BCUT2D eigenvalue weighted by Crippen LogP contribution is 2.25. The van der Waals surface area contributed by atoms with Gasteiger partial charge < -0.3 is 0 Å². The van der Waals surface area contributed by atoms with Gasteiger partial charge in [0.25, 0.3) is 0 Å². The summed E-state index contributed by atoms with van der Waals surface area (Å²) >= 11 is 10.6. The Balaban J connectivity index is 1.75. The maximum atomic E-state index is 11.8. The highest BCUT2D eigenvalue weighted by Gasteiger charge is 2.08. The minimum atomic E-state index is -0.0729. The highest BCUT2D eigenvalue weighted by molar-refractivity contribution is 8.01. The molecule has 2 rings (SSSR count). The van der Waals surface area contributed by atoms with E-state index in [9.17, 15) is 4.79 Å². The van der Waals surface area contributed by atoms with E-state index in [0.717, 1.165) is 20.7 Å². The number of anilines is 1. The standard InChI is InChI=1S/C13H14ClN3OS3/c1-2-20-13-17-16-12(21-13)15-11(18)8-19-7-9-5-3-4-6-10(9)14/h3-6H,2,7-8H2,1H3,(H,15,16,18). The van der Waals surface area contributed by atoms with Gasteiger partial charge >= 0.3 is 0 Å². The number of nitrogens with one attached hydrogen (secondary N) is 1. The van der Waals surface area contributed by atoms with Gasteiger partial charge in [0.2, 0.25) is 11.0 Å². The van der Waals surface area contributed by atoms with Gasteiger partial charge in [0.05, 0.1) is 5.75 Å². The van der Waals surface area contributed by atoms with Crippen molar-refractivity contribution >= 4 is 57.5 Å². The van der Waals surface area contributed by atoms with Crippen LogP contribution >= 0.6 is 46.5 Å². The van der Waals surface area contributed by atoms with Crippen molar-refractivity contribution in [3.05, 3.63) is 34.9 Å². The molecule has 0 saturated heterocycles. The van der Waals surface area contributed by atoms with Crippen LogP contribution in [0.1, 0.15) is 12.5 Å². The zero-order valence-electron chi connectivity index (χ0n) is 11.3. The Morgan fingerprint density at radius 2 is 2.19 bits per heavy atom. The second-order valence-corrected chi connectivity index (χ2v) is 7.82. The third-order valence-electron chi connectivity index (χ3n) is 2.37. The lowest BCUT2D eigenvalue weighted by atomic mass is 10.2. The first kappa shape index (κ1) is 16.6. The number of halogens is 1. The number of carbonyl (C=O) groups is 1. The molecule has 1 amide bonds. The van der Waals surface area contributed by atoms with Crippen LogP contribution in [0.4, 0.5) is 5.13 Å². The molecule has 0 aliphatic heterocycles. The van der Waals surface area contributed by atoms with Gasteiger partial charge in [0.15, 0.2) is 4.34 Å². The average Bonchev–Trinajstić information content (AvgIpc) is 2.88. The molecule has 0 aliphatic rings. The Hall–Kier alpha value is -0.760. The predicted octanol–water partition coefficient (Wildman–Crippen LogP) is 4.18. The van der Waals surface area contributed by atoms with E-state index in [4.69, 9.17) is 11.6 Å². The zero-order valence-corrected chi connectivity index (χ0v) is 14.5. The zero-order chi connectivity index (χ0) is 15.1. The van der Waals surface area contributed by atoms with E-state index in [1.54, 1.807) is 11.8 Å². The fraction of sp³-hybridized carbons (Fsp3) is 0.308. The molecule has 0 unspecified atom stereocenters. The van der Waals surface area contributed by atoms with Crippen molar-refractivity contribution in [3.63, 3.8) is 0 Å². The Kier molecular flexibility index (Phi) is 6.82. The number of benzene rings is 1. The van der Waals surface area contributed by atoms with E-state index in [0.29, 0.717) is 16.6 Å². The highest BCUT2D eigenvalue weighted by atomic mass is 35.5. The van der Waals surface area contributed by atoms with Crippen LogP contribution < -0.4 is 5.32 Å². The van der Waals surface area contributed by atoms with Gasteiger partial charge in [-0.25, -0.2) is 0 Å². The van der Waals surface area contributed by atoms with Gasteiger partial charge in [0.1, 0.15) is 0 Å². The second kappa shape index (κ2) is 8.63. The molecule has 1 heterocycles. The van der Waals surface area contributed by atoms with Crippen LogP contribution in [0, 0.1) is 0 Å². The van der Waals surface area contributed by atoms with E-state index in [-0.39, 0.29) is 5.91 Å². The fourth-order valence-electron chi connectivity index (χ4n) is 1.47. The van der Waals surface area contributed by atoms with Crippen molar-refractivity contribution in [3.8, 4) is 0 Å². The number of amides is 1. The van der Waals surface area contributed by atoms with Crippen LogP contribution in [0.25, 0.3) is 0 Å². The molecule has 0 bridgehead atoms. The van der Waals surface area contributed by atoms with Crippen molar-refractivity contribution in [2.45, 2.75) is 17.0 Å². The van der Waals surface area contributed by atoms with Crippen molar-refractivity contribution in [2.75, 3.05) is 16.8 Å². The number of aromatic nitrogens is 2. The smallest absolute Gasteiger partial charge is 0.236 e. The molecule has 0 saturated carbocycles. The topological polar surface area (TPSA) is 54.9 Å². The normalized spacial score (nSPS) is 10.6. The summed E-state index contributed by atoms with van der Waals surface area (Å²) in [5, 5.41) is 12.0. The van der Waals surface area contributed by atoms with E-state index >= 15 is 0 Å². The first-order valence-electron chi connectivity index (χ1n) is 6.26. The summed E-state index contributed by atoms with van der Waals surface area (Å²) < 4.78 is 0.872. The summed E-state index contributed by atoms with van der Waals surface area (Å²) in [7, 11) is 0. The molecule has 0 fully saturated rings. The Morgan fingerprint density at radius 1 is 1.38 bits per heavy atom. The molecular weight excluding hydrogens is 346 g/mol. The Morgan fingerprint density at radius 3 is 2.95 bits per heavy atom. The molecule has 1 aromatic carbocycles. The van der Waals surface area contributed by atoms with Gasteiger partial charge in [0, 0.05) is 10.8 Å². The summed E-state index contributed by atoms with van der Waals surface area (Å²) in [6, 6.07) is 7.65. The lowest BCUT2D eigenvalue weighted by molar-refractivity contribution is -0.113. The third-order valence-corrected chi connectivity index (χ3v) is 5.57. The lowest BCUT2D eigenvalue weighted by Crippen LogP contribution is -2.14. The second-order valence-electron chi connectivity index (χ2n) is 3.94. The van der Waals surface area contributed by atoms with Gasteiger partial charge in [-0.3, -0.25) is 10.1 Å². The van der Waals surface area contributed by atoms with Gasteiger partial charge in [-0.2, -0.15) is 0 Å². The SMILES string of the molecule is CCSc1nnc(NC(=O)CSCc2ccccc2Cl)s1. The van der Waals surface area contributed by atoms with Crippen molar-refractivity contribution in [1.82, 2.24) is 10.2 Å². The van der Waals surface area contributed by atoms with Gasteiger partial charge in [-0.05, 0) is 17.4 Å². The minimum Gasteiger partial charge on any atom is -0.300 e. The number of rotatable bonds is 7. The third kappa shape index (κ3) is 5.50. The molecule has 21 heavy (non-hydrogen) atoms. The van der Waals surface area contributed by atoms with Crippen molar-refractivity contribution in [1.29, 1.82) is 0 Å². The number of thioether (sulfide) groups is 2. The molecule has 4 nitrogen and oxygen atoms in total. The molecule has 8 heteroatoms. The van der Waals surface area contributed by atoms with E-state index < -0.39 is 0 Å². The van der Waals surface area contributed by atoms with Crippen LogP contribution in [-0.2, 0) is 10.5 Å². The molecular formula is C13H14ClN3OS3. The van der Waals surface area contributed by atoms with Gasteiger partial charge in [-0.15, -0.1) is 22.0 Å². The van der Waals surface area contributed by atoms with Crippen molar-refractivity contribution < 1.29 is 4.79 Å². The lowest BCUT2D eigenvalue weighted by Gasteiger charge is -2.03. The fourth-order valence-corrected chi connectivity index (χ4v) is 4.24. The maximum Gasteiger partial charge on any atom is 0.236 e. The van der Waals surface area contributed by atoms with E-state index in [2.05, 4.69) is 22.4 Å². The first-order valence-corrected chi connectivity index (χ1v) is 9.60. The molecule has 0 aliphatic carbocycles. The molecule has 2 aromatic rings. The number of carbonyl (C=O) groups excluding carboxylic acids is 1. The largest absolute Gasteiger partial charge is 0.300 e. The van der Waals surface area contributed by atoms with E-state index in [1.165, 1.54) is 23.1 Å². The number of hydrogen-bond acceptors (Lipinski definition) is 6. The van der Waals surface area contributed by atoms with Crippen LogP contribution in [-0.4, -0.2) is 27.6 Å². The van der Waals surface area contributed by atoms with Crippen LogP contribution in [0.15, 0.2) is 28.6 Å². The maximum absolute atomic E-state index is 11.8. The van der Waals surface area contributed by atoms with Crippen LogP contribution in [0.5, 0.6) is 0 Å². The van der Waals surface area contributed by atoms with Crippen LogP contribution in [0.2, 0.25) is 5.02 Å². The summed E-state index contributed by atoms with van der Waals surface area (Å²) in [6.07, 6.45) is 0. The average molecular weight is 360 g/mol. The number of nitrogens with zero attached hydrogens (tertiary/aromatic N) is 2. The molecule has 0 spiro atoms. The number of hydrogen-bond donors (Lipinski definition) is 1. The minimum absolute atomic E-state index is 0.0729. The van der Waals surface area contributed by atoms with E-state index in [1.807, 2.05) is 24.3 Å². The Labute approximate surface area is 141 Å². The summed E-state index contributed by atoms with van der Waals surface area (Å²) in [6.45, 7) is 2.05. The molecule has 112 valence electrons. The van der Waals surface area contributed by atoms with Crippen LogP contribution in [0.3, 0.4) is 0 Å². The Bertz CT molecular complexity index is 606. The summed E-state index contributed by atoms with van der Waals surface area (Å²) in [5.74, 6) is 1.94. The summed E-state index contributed by atoms with van der Waals surface area (Å²) in [4.78, 5) is 11.8.